The number of carbonyl (C=O) groups excluding carboxylic acids is 1. The van der Waals surface area contributed by atoms with Gasteiger partial charge in [-0.15, -0.1) is 0 Å². The molecule has 180 valence electrons. The highest BCUT2D eigenvalue weighted by Crippen LogP contribution is 2.47. The molecule has 3 aliphatic rings. The molecule has 0 saturated carbocycles. The van der Waals surface area contributed by atoms with E-state index in [1.54, 1.807) is 0 Å². The zero-order chi connectivity index (χ0) is 24.1. The van der Waals surface area contributed by atoms with Gasteiger partial charge in [0.15, 0.2) is 0 Å². The summed E-state index contributed by atoms with van der Waals surface area (Å²) in [5.41, 5.74) is 7.83. The Labute approximate surface area is 212 Å². The molecule has 2 aliphatic heterocycles. The lowest BCUT2D eigenvalue weighted by Crippen LogP contribution is -2.35. The molecule has 36 heavy (non-hydrogen) atoms. The van der Waals surface area contributed by atoms with E-state index in [0.717, 1.165) is 60.9 Å². The smallest absolute Gasteiger partial charge is 0.235 e. The number of hydrogen-bond acceptors (Lipinski definition) is 3. The van der Waals surface area contributed by atoms with Crippen LogP contribution in [0.2, 0.25) is 0 Å². The summed E-state index contributed by atoms with van der Waals surface area (Å²) in [6.45, 7) is 3.18. The van der Waals surface area contributed by atoms with Crippen molar-refractivity contribution in [1.82, 2.24) is 9.88 Å². The van der Waals surface area contributed by atoms with Crippen molar-refractivity contribution in [2.45, 2.75) is 44.1 Å². The summed E-state index contributed by atoms with van der Waals surface area (Å²) in [5.74, 6) is 0.911. The number of aromatic nitrogens is 1. The number of likely N-dealkylation sites (tertiary alicyclic amines) is 1. The first-order chi connectivity index (χ1) is 17.7. The number of amides is 1. The van der Waals surface area contributed by atoms with Gasteiger partial charge in [0.2, 0.25) is 5.91 Å². The molecule has 0 radical (unpaired) electrons. The Kier molecular flexibility index (Phi) is 5.17. The van der Waals surface area contributed by atoms with Crippen molar-refractivity contribution in [3.05, 3.63) is 107 Å². The molecule has 1 atom stereocenters. The molecule has 3 heterocycles. The van der Waals surface area contributed by atoms with Crippen molar-refractivity contribution < 1.29 is 4.79 Å². The van der Waals surface area contributed by atoms with Crippen LogP contribution in [0.4, 0.5) is 5.69 Å². The number of pyridine rings is 1. The molecular weight excluding hydrogens is 442 g/mol. The van der Waals surface area contributed by atoms with Crippen LogP contribution in [0.25, 0.3) is 10.9 Å². The van der Waals surface area contributed by atoms with E-state index in [2.05, 4.69) is 70.9 Å². The van der Waals surface area contributed by atoms with Gasteiger partial charge in [0.05, 0.1) is 16.6 Å². The fraction of sp³-hybridized carbons (Fsp3) is 0.312. The van der Waals surface area contributed by atoms with E-state index in [-0.39, 0.29) is 5.91 Å². The second-order valence-corrected chi connectivity index (χ2v) is 11.0. The normalized spacial score (nSPS) is 21.6. The van der Waals surface area contributed by atoms with Crippen LogP contribution in [0.5, 0.6) is 0 Å². The predicted molar refractivity (Wildman–Crippen MR) is 144 cm³/mol. The van der Waals surface area contributed by atoms with Gasteiger partial charge < -0.3 is 5.32 Å². The van der Waals surface area contributed by atoms with Gasteiger partial charge in [-0.2, -0.15) is 0 Å². The van der Waals surface area contributed by atoms with E-state index in [9.17, 15) is 4.79 Å². The molecule has 4 aromatic rings. The SMILES string of the molecule is O=C1Nc2ccccc2C12Cc1cc3ccc(CN4CCC(Cc5ccccc5)CC4)nc3cc1C2. The maximum Gasteiger partial charge on any atom is 0.235 e. The van der Waals surface area contributed by atoms with Crippen LogP contribution in [0.15, 0.2) is 78.9 Å². The Morgan fingerprint density at radius 1 is 0.889 bits per heavy atom. The first-order valence-electron chi connectivity index (χ1n) is 13.2. The van der Waals surface area contributed by atoms with Crippen molar-refractivity contribution in [2.24, 2.45) is 5.92 Å². The molecule has 3 aromatic carbocycles. The first kappa shape index (κ1) is 21.8. The fourth-order valence-electron chi connectivity index (χ4n) is 6.68. The molecule has 1 aromatic heterocycles. The zero-order valence-corrected chi connectivity index (χ0v) is 20.5. The van der Waals surface area contributed by atoms with E-state index >= 15 is 0 Å². The van der Waals surface area contributed by atoms with Gasteiger partial charge in [0.1, 0.15) is 0 Å². The Balaban J connectivity index is 1.06. The third-order valence-electron chi connectivity index (χ3n) is 8.64. The van der Waals surface area contributed by atoms with Gasteiger partial charge in [-0.05, 0) is 97.6 Å². The Morgan fingerprint density at radius 2 is 1.64 bits per heavy atom. The van der Waals surface area contributed by atoms with Gasteiger partial charge in [0, 0.05) is 17.6 Å². The Morgan fingerprint density at radius 3 is 2.47 bits per heavy atom. The number of para-hydroxylation sites is 1. The summed E-state index contributed by atoms with van der Waals surface area (Å²) in [6.07, 6.45) is 5.21. The zero-order valence-electron chi connectivity index (χ0n) is 20.5. The van der Waals surface area contributed by atoms with Crippen LogP contribution in [0.1, 0.15) is 40.8 Å². The average molecular weight is 474 g/mol. The Hall–Kier alpha value is -3.50. The number of benzene rings is 3. The van der Waals surface area contributed by atoms with Crippen LogP contribution < -0.4 is 5.32 Å². The van der Waals surface area contributed by atoms with Crippen molar-refractivity contribution in [1.29, 1.82) is 0 Å². The molecule has 1 saturated heterocycles. The third kappa shape index (κ3) is 3.72. The summed E-state index contributed by atoms with van der Waals surface area (Å²) >= 11 is 0. The minimum atomic E-state index is -0.469. The number of hydrogen-bond donors (Lipinski definition) is 1. The van der Waals surface area contributed by atoms with Crippen molar-refractivity contribution in [3.63, 3.8) is 0 Å². The summed E-state index contributed by atoms with van der Waals surface area (Å²) in [5, 5.41) is 4.29. The summed E-state index contributed by atoms with van der Waals surface area (Å²) in [4.78, 5) is 20.7. The number of anilines is 1. The average Bonchev–Trinajstić information content (AvgIpc) is 3.41. The third-order valence-corrected chi connectivity index (χ3v) is 8.64. The summed E-state index contributed by atoms with van der Waals surface area (Å²) in [6, 6.07) is 28.0. The number of piperidine rings is 1. The van der Waals surface area contributed by atoms with Crippen LogP contribution in [0, 0.1) is 5.92 Å². The highest BCUT2D eigenvalue weighted by molar-refractivity contribution is 6.07. The predicted octanol–water partition coefficient (Wildman–Crippen LogP) is 5.68. The van der Waals surface area contributed by atoms with Gasteiger partial charge in [-0.3, -0.25) is 14.7 Å². The second kappa shape index (κ2) is 8.56. The lowest BCUT2D eigenvalue weighted by atomic mass is 9.79. The second-order valence-electron chi connectivity index (χ2n) is 11.0. The molecule has 1 unspecified atom stereocenters. The van der Waals surface area contributed by atoms with Gasteiger partial charge >= 0.3 is 0 Å². The van der Waals surface area contributed by atoms with Crippen LogP contribution in [-0.2, 0) is 36.0 Å². The molecule has 1 amide bonds. The molecule has 1 aliphatic carbocycles. The molecule has 1 fully saturated rings. The van der Waals surface area contributed by atoms with Crippen LogP contribution >= 0.6 is 0 Å². The largest absolute Gasteiger partial charge is 0.325 e. The summed E-state index contributed by atoms with van der Waals surface area (Å²) < 4.78 is 0. The molecule has 4 heteroatoms. The molecule has 0 bridgehead atoms. The molecule has 1 N–H and O–H groups in total. The quantitative estimate of drug-likeness (QED) is 0.415. The van der Waals surface area contributed by atoms with E-state index < -0.39 is 5.41 Å². The van der Waals surface area contributed by atoms with E-state index in [1.165, 1.54) is 41.3 Å². The minimum Gasteiger partial charge on any atom is -0.325 e. The first-order valence-corrected chi connectivity index (χ1v) is 13.2. The standard InChI is InChI=1S/C32H31N3O/c36-31-32(28-8-4-5-9-29(28)34-31)19-25-17-24-10-11-27(33-30(24)18-26(25)20-32)21-35-14-12-23(13-15-35)16-22-6-2-1-3-7-22/h1-11,17-18,23H,12-16,19-21H2,(H,34,36). The number of rotatable bonds is 4. The highest BCUT2D eigenvalue weighted by Gasteiger charge is 2.50. The monoisotopic (exact) mass is 473 g/mol. The van der Waals surface area contributed by atoms with E-state index in [1.807, 2.05) is 18.2 Å². The summed E-state index contributed by atoms with van der Waals surface area (Å²) in [7, 11) is 0. The topological polar surface area (TPSA) is 45.2 Å². The minimum absolute atomic E-state index is 0.133. The van der Waals surface area contributed by atoms with E-state index in [4.69, 9.17) is 4.98 Å². The highest BCUT2D eigenvalue weighted by atomic mass is 16.2. The lowest BCUT2D eigenvalue weighted by Gasteiger charge is -2.31. The molecular formula is C32H31N3O. The van der Waals surface area contributed by atoms with Crippen LogP contribution in [0.3, 0.4) is 0 Å². The molecule has 1 spiro atoms. The number of nitrogens with one attached hydrogen (secondary N) is 1. The maximum absolute atomic E-state index is 13.1. The maximum atomic E-state index is 13.1. The van der Waals surface area contributed by atoms with Gasteiger partial charge in [0.25, 0.3) is 0 Å². The molecule has 7 rings (SSSR count). The van der Waals surface area contributed by atoms with Gasteiger partial charge in [-0.1, -0.05) is 54.6 Å². The van der Waals surface area contributed by atoms with Crippen LogP contribution in [-0.4, -0.2) is 28.9 Å². The Bertz CT molecular complexity index is 1460. The number of fused-ring (bicyclic) bond motifs is 4. The van der Waals surface area contributed by atoms with Gasteiger partial charge in [-0.25, -0.2) is 0 Å². The van der Waals surface area contributed by atoms with Crippen molar-refractivity contribution in [2.75, 3.05) is 18.4 Å². The van der Waals surface area contributed by atoms with E-state index in [0.29, 0.717) is 0 Å². The van der Waals surface area contributed by atoms with Crippen molar-refractivity contribution in [3.8, 4) is 0 Å². The van der Waals surface area contributed by atoms with Crippen molar-refractivity contribution >= 4 is 22.5 Å². The number of nitrogens with zero attached hydrogens (tertiary/aromatic N) is 2. The fourth-order valence-corrected chi connectivity index (χ4v) is 6.68. The number of carbonyl (C=O) groups is 1. The molecule has 4 nitrogen and oxygen atoms in total. The lowest BCUT2D eigenvalue weighted by molar-refractivity contribution is -0.120.